The molecule has 2 heteroatoms. The molecule has 1 unspecified atom stereocenters. The van der Waals surface area contributed by atoms with Crippen molar-refractivity contribution in [2.24, 2.45) is 5.92 Å². The molecule has 1 fully saturated rings. The van der Waals surface area contributed by atoms with Gasteiger partial charge in [0.05, 0.1) is 0 Å². The monoisotopic (exact) mass is 198 g/mol. The summed E-state index contributed by atoms with van der Waals surface area (Å²) in [5, 5.41) is 1.02. The average molecular weight is 198 g/mol. The molecular weight excluding hydrogens is 184 g/mol. The van der Waals surface area contributed by atoms with Crippen LogP contribution in [0, 0.1) is 5.92 Å². The van der Waals surface area contributed by atoms with E-state index in [2.05, 4.69) is 23.5 Å². The van der Waals surface area contributed by atoms with Crippen LogP contribution in [0.2, 0.25) is 0 Å². The summed E-state index contributed by atoms with van der Waals surface area (Å²) in [5.41, 5.74) is 1.83. The van der Waals surface area contributed by atoms with Gasteiger partial charge in [-0.25, -0.2) is 0 Å². The van der Waals surface area contributed by atoms with Gasteiger partial charge in [0.15, 0.2) is 0 Å². The molecule has 12 heavy (non-hydrogen) atoms. The van der Waals surface area contributed by atoms with E-state index in [0.29, 0.717) is 0 Å². The topological polar surface area (TPSA) is 0 Å². The van der Waals surface area contributed by atoms with E-state index in [4.69, 9.17) is 0 Å². The molecule has 1 aliphatic carbocycles. The third-order valence-corrected chi connectivity index (χ3v) is 5.98. The molecule has 2 atom stereocenters. The maximum atomic E-state index is 2.23. The van der Waals surface area contributed by atoms with Gasteiger partial charge in [-0.15, -0.1) is 11.8 Å². The Balaban J connectivity index is 1.85. The molecule has 1 saturated heterocycles. The van der Waals surface area contributed by atoms with Crippen molar-refractivity contribution < 1.29 is 0 Å². The highest BCUT2D eigenvalue weighted by Crippen LogP contribution is 2.50. The van der Waals surface area contributed by atoms with E-state index in [1.807, 2.05) is 5.57 Å². The Kier molecular flexibility index (Phi) is 1.94. The SMILES string of the molecule is C1CC2=C(C[C@H]3CCSC3C2)S1. The lowest BCUT2D eigenvalue weighted by atomic mass is 9.87. The molecule has 0 bridgehead atoms. The van der Waals surface area contributed by atoms with Gasteiger partial charge in [0, 0.05) is 11.0 Å². The predicted octanol–water partition coefficient (Wildman–Crippen LogP) is 3.29. The van der Waals surface area contributed by atoms with Gasteiger partial charge in [-0.1, -0.05) is 5.57 Å². The van der Waals surface area contributed by atoms with Gasteiger partial charge in [-0.05, 0) is 42.3 Å². The van der Waals surface area contributed by atoms with Gasteiger partial charge in [0.25, 0.3) is 0 Å². The van der Waals surface area contributed by atoms with Crippen molar-refractivity contribution in [1.82, 2.24) is 0 Å². The largest absolute Gasteiger partial charge is 0.158 e. The molecule has 0 amide bonds. The molecule has 2 aliphatic heterocycles. The fourth-order valence-electron chi connectivity index (χ4n) is 2.59. The van der Waals surface area contributed by atoms with Crippen molar-refractivity contribution in [1.29, 1.82) is 0 Å². The molecule has 0 N–H and O–H groups in total. The molecule has 0 saturated carbocycles. The Morgan fingerprint density at radius 2 is 2.17 bits per heavy atom. The second kappa shape index (κ2) is 2.98. The van der Waals surface area contributed by atoms with Crippen LogP contribution in [0.3, 0.4) is 0 Å². The van der Waals surface area contributed by atoms with Crippen LogP contribution in [0.4, 0.5) is 0 Å². The first-order valence-corrected chi connectivity index (χ1v) is 6.92. The normalized spacial score (nSPS) is 40.0. The van der Waals surface area contributed by atoms with Crippen molar-refractivity contribution in [2.75, 3.05) is 11.5 Å². The summed E-state index contributed by atoms with van der Waals surface area (Å²) in [6, 6.07) is 0. The molecule has 0 nitrogen and oxygen atoms in total. The first-order valence-electron chi connectivity index (χ1n) is 4.89. The Morgan fingerprint density at radius 3 is 3.17 bits per heavy atom. The van der Waals surface area contributed by atoms with Crippen molar-refractivity contribution in [3.63, 3.8) is 0 Å². The second-order valence-electron chi connectivity index (χ2n) is 3.99. The molecule has 0 aromatic rings. The zero-order valence-corrected chi connectivity index (χ0v) is 8.85. The van der Waals surface area contributed by atoms with Crippen LogP contribution in [0.5, 0.6) is 0 Å². The van der Waals surface area contributed by atoms with Gasteiger partial charge in [-0.2, -0.15) is 11.8 Å². The van der Waals surface area contributed by atoms with Gasteiger partial charge >= 0.3 is 0 Å². The molecule has 0 radical (unpaired) electrons. The molecule has 2 heterocycles. The highest BCUT2D eigenvalue weighted by atomic mass is 32.2. The van der Waals surface area contributed by atoms with E-state index in [1.165, 1.54) is 37.2 Å². The fraction of sp³-hybridized carbons (Fsp3) is 0.800. The average Bonchev–Trinajstić information content (AvgIpc) is 2.64. The van der Waals surface area contributed by atoms with Crippen molar-refractivity contribution >= 4 is 23.5 Å². The number of thioether (sulfide) groups is 2. The summed E-state index contributed by atoms with van der Waals surface area (Å²) in [6.07, 6.45) is 5.78. The Hall–Kier alpha value is 0.440. The maximum absolute atomic E-state index is 2.23. The Bertz CT molecular complexity index is 210. The van der Waals surface area contributed by atoms with Gasteiger partial charge in [0.1, 0.15) is 0 Å². The predicted molar refractivity (Wildman–Crippen MR) is 57.7 cm³/mol. The van der Waals surface area contributed by atoms with E-state index >= 15 is 0 Å². The van der Waals surface area contributed by atoms with Crippen molar-refractivity contribution in [3.8, 4) is 0 Å². The molecule has 0 aromatic carbocycles. The summed E-state index contributed by atoms with van der Waals surface area (Å²) in [6.45, 7) is 0. The molecular formula is C10H14S2. The van der Waals surface area contributed by atoms with Crippen LogP contribution in [0.15, 0.2) is 10.5 Å². The Labute approximate surface area is 82.6 Å². The number of fused-ring (bicyclic) bond motifs is 1. The fourth-order valence-corrected chi connectivity index (χ4v) is 5.47. The van der Waals surface area contributed by atoms with E-state index in [0.717, 1.165) is 11.2 Å². The van der Waals surface area contributed by atoms with Crippen LogP contribution in [-0.4, -0.2) is 16.8 Å². The summed E-state index contributed by atoms with van der Waals surface area (Å²) in [4.78, 5) is 1.79. The van der Waals surface area contributed by atoms with E-state index < -0.39 is 0 Å². The second-order valence-corrected chi connectivity index (χ2v) is 6.53. The summed E-state index contributed by atoms with van der Waals surface area (Å²) >= 11 is 4.38. The summed E-state index contributed by atoms with van der Waals surface area (Å²) in [7, 11) is 0. The van der Waals surface area contributed by atoms with Crippen molar-refractivity contribution in [3.05, 3.63) is 10.5 Å². The van der Waals surface area contributed by atoms with E-state index in [-0.39, 0.29) is 0 Å². The number of allylic oxidation sites excluding steroid dienone is 2. The van der Waals surface area contributed by atoms with Crippen LogP contribution in [0.25, 0.3) is 0 Å². The lowest BCUT2D eigenvalue weighted by Crippen LogP contribution is -2.17. The molecule has 0 spiro atoms. The van der Waals surface area contributed by atoms with Crippen molar-refractivity contribution in [2.45, 2.75) is 30.9 Å². The van der Waals surface area contributed by atoms with Gasteiger partial charge in [-0.3, -0.25) is 0 Å². The molecule has 3 rings (SSSR count). The summed E-state index contributed by atoms with van der Waals surface area (Å²) < 4.78 is 0. The number of hydrogen-bond donors (Lipinski definition) is 0. The minimum atomic E-state index is 1.02. The lowest BCUT2D eigenvalue weighted by Gasteiger charge is -2.25. The number of hydrogen-bond acceptors (Lipinski definition) is 2. The third kappa shape index (κ3) is 1.15. The molecule has 66 valence electrons. The quantitative estimate of drug-likeness (QED) is 0.586. The lowest BCUT2D eigenvalue weighted by molar-refractivity contribution is 0.489. The molecule has 0 aromatic heterocycles. The highest BCUT2D eigenvalue weighted by molar-refractivity contribution is 8.03. The maximum Gasteiger partial charge on any atom is 0.0116 e. The minimum absolute atomic E-state index is 1.02. The molecule has 3 aliphatic rings. The highest BCUT2D eigenvalue weighted by Gasteiger charge is 2.35. The summed E-state index contributed by atoms with van der Waals surface area (Å²) in [5.74, 6) is 3.87. The third-order valence-electron chi connectivity index (χ3n) is 3.32. The van der Waals surface area contributed by atoms with Crippen LogP contribution in [0.1, 0.15) is 25.7 Å². The Morgan fingerprint density at radius 1 is 1.17 bits per heavy atom. The van der Waals surface area contributed by atoms with E-state index in [1.54, 1.807) is 4.91 Å². The van der Waals surface area contributed by atoms with Gasteiger partial charge in [0.2, 0.25) is 0 Å². The van der Waals surface area contributed by atoms with E-state index in [9.17, 15) is 0 Å². The minimum Gasteiger partial charge on any atom is -0.158 e. The zero-order chi connectivity index (χ0) is 7.97. The standard InChI is InChI=1S/C10H14S2/c1-3-11-9-6-8-2-4-12-10(8)5-7(1)9/h7,9H,1-6H2/t7-,9?/m1/s1. The smallest absolute Gasteiger partial charge is 0.0116 e. The van der Waals surface area contributed by atoms with Crippen LogP contribution in [-0.2, 0) is 0 Å². The first-order chi connectivity index (χ1) is 5.93. The first kappa shape index (κ1) is 7.81. The van der Waals surface area contributed by atoms with Crippen LogP contribution < -0.4 is 0 Å². The van der Waals surface area contributed by atoms with Crippen LogP contribution >= 0.6 is 23.5 Å². The van der Waals surface area contributed by atoms with Gasteiger partial charge < -0.3 is 0 Å². The zero-order valence-electron chi connectivity index (χ0n) is 7.21. The number of rotatable bonds is 0.